The molecule has 2 heterocycles. The highest BCUT2D eigenvalue weighted by molar-refractivity contribution is 6.07. The maximum Gasteiger partial charge on any atom is 0.150 e. The molecule has 6 nitrogen and oxygen atoms in total. The first kappa shape index (κ1) is 16.8. The van der Waals surface area contributed by atoms with Gasteiger partial charge in [-0.25, -0.2) is 4.39 Å². The number of nitrogens with zero attached hydrogens (tertiary/aromatic N) is 3. The molecular formula is C20H16FN3O3. The number of oxime groups is 1. The van der Waals surface area contributed by atoms with E-state index >= 15 is 0 Å². The van der Waals surface area contributed by atoms with Crippen molar-refractivity contribution in [3.8, 4) is 22.7 Å². The van der Waals surface area contributed by atoms with Crippen LogP contribution in [0.15, 0.2) is 52.1 Å². The van der Waals surface area contributed by atoms with E-state index in [1.54, 1.807) is 18.4 Å². The normalized spacial score (nSPS) is 11.7. The van der Waals surface area contributed by atoms with Crippen LogP contribution >= 0.6 is 0 Å². The number of fused-ring (bicyclic) bond motifs is 1. The third-order valence-electron chi connectivity index (χ3n) is 4.54. The Morgan fingerprint density at radius 1 is 1.19 bits per heavy atom. The van der Waals surface area contributed by atoms with Gasteiger partial charge in [0.25, 0.3) is 0 Å². The van der Waals surface area contributed by atoms with Crippen molar-refractivity contribution in [3.63, 3.8) is 0 Å². The zero-order chi connectivity index (χ0) is 19.1. The van der Waals surface area contributed by atoms with Gasteiger partial charge in [-0.15, -0.1) is 0 Å². The first-order valence-corrected chi connectivity index (χ1v) is 8.26. The molecule has 0 aliphatic carbocycles. The van der Waals surface area contributed by atoms with Gasteiger partial charge < -0.3 is 19.4 Å². The second-order valence-electron chi connectivity index (χ2n) is 6.19. The van der Waals surface area contributed by atoms with Crippen molar-refractivity contribution in [1.29, 1.82) is 0 Å². The smallest absolute Gasteiger partial charge is 0.150 e. The van der Waals surface area contributed by atoms with Crippen LogP contribution in [0.1, 0.15) is 17.0 Å². The third kappa shape index (κ3) is 2.55. The summed E-state index contributed by atoms with van der Waals surface area (Å²) in [7, 11) is 0. The number of aromatic hydroxyl groups is 1. The summed E-state index contributed by atoms with van der Waals surface area (Å²) >= 11 is 0. The highest BCUT2D eigenvalue weighted by Crippen LogP contribution is 2.39. The molecule has 0 radical (unpaired) electrons. The molecule has 0 fully saturated rings. The van der Waals surface area contributed by atoms with E-state index in [9.17, 15) is 14.7 Å². The van der Waals surface area contributed by atoms with Gasteiger partial charge in [-0.1, -0.05) is 28.5 Å². The van der Waals surface area contributed by atoms with Crippen LogP contribution in [0.25, 0.3) is 27.8 Å². The van der Waals surface area contributed by atoms with Gasteiger partial charge in [0.15, 0.2) is 5.82 Å². The van der Waals surface area contributed by atoms with Gasteiger partial charge >= 0.3 is 0 Å². The Balaban J connectivity index is 2.22. The van der Waals surface area contributed by atoms with Crippen molar-refractivity contribution in [1.82, 2.24) is 9.72 Å². The Bertz CT molecular complexity index is 1170. The molecule has 4 rings (SSSR count). The molecule has 7 heteroatoms. The molecule has 2 aromatic heterocycles. The van der Waals surface area contributed by atoms with Crippen LogP contribution in [0.4, 0.5) is 4.39 Å². The fraction of sp³-hybridized carbons (Fsp3) is 0.100. The predicted octanol–water partition coefficient (Wildman–Crippen LogP) is 4.56. The quantitative estimate of drug-likeness (QED) is 0.317. The van der Waals surface area contributed by atoms with Crippen LogP contribution in [0.5, 0.6) is 5.75 Å². The highest BCUT2D eigenvalue weighted by Gasteiger charge is 2.25. The summed E-state index contributed by atoms with van der Waals surface area (Å²) in [6.07, 6.45) is 1.32. The summed E-state index contributed by atoms with van der Waals surface area (Å²) in [5.74, 6) is -0.191. The van der Waals surface area contributed by atoms with Crippen molar-refractivity contribution >= 4 is 17.1 Å². The van der Waals surface area contributed by atoms with E-state index in [-0.39, 0.29) is 11.4 Å². The lowest BCUT2D eigenvalue weighted by atomic mass is 10.0. The average Bonchev–Trinajstić information content (AvgIpc) is 3.13. The molecule has 4 aromatic rings. The van der Waals surface area contributed by atoms with Crippen LogP contribution in [-0.4, -0.2) is 26.3 Å². The number of para-hydroxylation sites is 1. The van der Waals surface area contributed by atoms with Crippen LogP contribution < -0.4 is 0 Å². The zero-order valence-corrected chi connectivity index (χ0v) is 14.6. The van der Waals surface area contributed by atoms with Gasteiger partial charge in [0.1, 0.15) is 11.5 Å². The number of aryl methyl sites for hydroxylation is 2. The lowest BCUT2D eigenvalue weighted by Crippen LogP contribution is -2.02. The maximum absolute atomic E-state index is 14.8. The van der Waals surface area contributed by atoms with E-state index in [0.717, 1.165) is 11.5 Å². The molecule has 0 amide bonds. The third-order valence-corrected chi connectivity index (χ3v) is 4.54. The van der Waals surface area contributed by atoms with Crippen molar-refractivity contribution in [2.45, 2.75) is 13.8 Å². The molecule has 0 saturated carbocycles. The fourth-order valence-corrected chi connectivity index (χ4v) is 3.45. The molecule has 0 unspecified atom stereocenters. The Morgan fingerprint density at radius 2 is 1.96 bits per heavy atom. The molecule has 0 saturated heterocycles. The molecule has 0 atom stereocenters. The largest absolute Gasteiger partial charge is 0.508 e. The van der Waals surface area contributed by atoms with E-state index in [4.69, 9.17) is 4.52 Å². The molecule has 0 bridgehead atoms. The summed E-state index contributed by atoms with van der Waals surface area (Å²) < 4.78 is 21.8. The standard InChI is InChI=1S/C20H16FN3O3/c1-11-19(12(2)27-23-11)20-15(10-22-26)14-5-3-4-6-17(14)24(20)18-8-7-13(25)9-16(18)21/h3-10,25-26H,1-2H3/b22-10+. The van der Waals surface area contributed by atoms with E-state index in [1.807, 2.05) is 24.3 Å². The SMILES string of the molecule is Cc1noc(C)c1-c1c(/C=N/O)c2ccccc2n1-c1ccc(O)cc1F. The number of rotatable bonds is 3. The summed E-state index contributed by atoms with van der Waals surface area (Å²) in [6, 6.07) is 11.4. The van der Waals surface area contributed by atoms with E-state index in [2.05, 4.69) is 10.3 Å². The molecule has 0 spiro atoms. The molecule has 2 N–H and O–H groups in total. The number of hydrogen-bond acceptors (Lipinski definition) is 5. The number of aromatic nitrogens is 2. The van der Waals surface area contributed by atoms with E-state index < -0.39 is 5.82 Å². The summed E-state index contributed by atoms with van der Waals surface area (Å²) in [5, 5.41) is 26.8. The van der Waals surface area contributed by atoms with Crippen LogP contribution in [-0.2, 0) is 0 Å². The minimum atomic E-state index is -0.587. The number of hydrogen-bond donors (Lipinski definition) is 2. The van der Waals surface area contributed by atoms with Gasteiger partial charge in [0, 0.05) is 17.0 Å². The van der Waals surface area contributed by atoms with Gasteiger partial charge in [-0.3, -0.25) is 0 Å². The lowest BCUT2D eigenvalue weighted by molar-refractivity contribution is 0.322. The lowest BCUT2D eigenvalue weighted by Gasteiger charge is -2.13. The maximum atomic E-state index is 14.8. The van der Waals surface area contributed by atoms with Crippen molar-refractivity contribution in [2.24, 2.45) is 5.16 Å². The summed E-state index contributed by atoms with van der Waals surface area (Å²) in [6.45, 7) is 3.56. The number of phenols is 1. The first-order valence-electron chi connectivity index (χ1n) is 8.26. The Kier molecular flexibility index (Phi) is 3.92. The van der Waals surface area contributed by atoms with Gasteiger partial charge in [0.2, 0.25) is 0 Å². The van der Waals surface area contributed by atoms with Gasteiger partial charge in [0.05, 0.1) is 34.4 Å². The van der Waals surface area contributed by atoms with Gasteiger partial charge in [-0.2, -0.15) is 0 Å². The number of benzene rings is 2. The van der Waals surface area contributed by atoms with Crippen LogP contribution in [0.2, 0.25) is 0 Å². The van der Waals surface area contributed by atoms with Crippen molar-refractivity contribution < 1.29 is 19.2 Å². The monoisotopic (exact) mass is 365 g/mol. The van der Waals surface area contributed by atoms with Crippen molar-refractivity contribution in [3.05, 3.63) is 65.3 Å². The number of phenolic OH excluding ortho intramolecular Hbond substituents is 1. The minimum absolute atomic E-state index is 0.163. The Morgan fingerprint density at radius 3 is 2.63 bits per heavy atom. The molecule has 0 aliphatic rings. The van der Waals surface area contributed by atoms with E-state index in [1.165, 1.54) is 18.3 Å². The second kappa shape index (κ2) is 6.28. The van der Waals surface area contributed by atoms with E-state index in [0.29, 0.717) is 33.8 Å². The van der Waals surface area contributed by atoms with Crippen LogP contribution in [0, 0.1) is 19.7 Å². The molecule has 2 aromatic carbocycles. The topological polar surface area (TPSA) is 83.8 Å². The molecular weight excluding hydrogens is 349 g/mol. The predicted molar refractivity (Wildman–Crippen MR) is 99.2 cm³/mol. The second-order valence-corrected chi connectivity index (χ2v) is 6.19. The molecule has 27 heavy (non-hydrogen) atoms. The van der Waals surface area contributed by atoms with Crippen molar-refractivity contribution in [2.75, 3.05) is 0 Å². The molecule has 0 aliphatic heterocycles. The molecule has 136 valence electrons. The minimum Gasteiger partial charge on any atom is -0.508 e. The summed E-state index contributed by atoms with van der Waals surface area (Å²) in [4.78, 5) is 0. The highest BCUT2D eigenvalue weighted by atomic mass is 19.1. The Hall–Kier alpha value is -3.61. The zero-order valence-electron chi connectivity index (χ0n) is 14.6. The fourth-order valence-electron chi connectivity index (χ4n) is 3.45. The number of halogens is 1. The summed E-state index contributed by atoms with van der Waals surface area (Å²) in [5.41, 5.74) is 3.48. The first-order chi connectivity index (χ1) is 13.0. The average molecular weight is 365 g/mol. The van der Waals surface area contributed by atoms with Gasteiger partial charge in [-0.05, 0) is 32.0 Å². The van der Waals surface area contributed by atoms with Crippen LogP contribution in [0.3, 0.4) is 0 Å². The Labute approximate surface area is 153 Å².